The molecule has 3 atom stereocenters. The van der Waals surface area contributed by atoms with E-state index >= 15 is 0 Å². The van der Waals surface area contributed by atoms with Crippen LogP contribution in [0.4, 0.5) is 15.8 Å². The highest BCUT2D eigenvalue weighted by atomic mass is 32.2. The fourth-order valence-electron chi connectivity index (χ4n) is 4.84. The molecule has 0 unspecified atom stereocenters. The first-order valence-corrected chi connectivity index (χ1v) is 12.9. The lowest BCUT2D eigenvalue weighted by molar-refractivity contribution is 0.242. The molecule has 0 saturated carbocycles. The van der Waals surface area contributed by atoms with Crippen molar-refractivity contribution in [1.29, 1.82) is 0 Å². The van der Waals surface area contributed by atoms with Gasteiger partial charge in [0.05, 0.1) is 22.7 Å². The number of para-hydroxylation sites is 1. The van der Waals surface area contributed by atoms with Crippen molar-refractivity contribution < 1.29 is 17.5 Å². The van der Waals surface area contributed by atoms with Gasteiger partial charge in [-0.05, 0) is 79.8 Å². The third-order valence-corrected chi connectivity index (χ3v) is 7.74. The highest BCUT2D eigenvalue weighted by Crippen LogP contribution is 2.50. The summed E-state index contributed by atoms with van der Waals surface area (Å²) in [6.07, 6.45) is 5.34. The van der Waals surface area contributed by atoms with Gasteiger partial charge in [0, 0.05) is 11.6 Å². The number of halogens is 1. The van der Waals surface area contributed by atoms with E-state index in [0.29, 0.717) is 0 Å². The van der Waals surface area contributed by atoms with E-state index in [4.69, 9.17) is 4.74 Å². The number of hydrogen-bond acceptors (Lipinski definition) is 4. The van der Waals surface area contributed by atoms with E-state index in [1.807, 2.05) is 26.0 Å². The molecule has 2 aliphatic rings. The van der Waals surface area contributed by atoms with Gasteiger partial charge in [0.2, 0.25) is 0 Å². The summed E-state index contributed by atoms with van der Waals surface area (Å²) in [4.78, 5) is 0.115. The van der Waals surface area contributed by atoms with Gasteiger partial charge in [0.25, 0.3) is 10.0 Å². The van der Waals surface area contributed by atoms with Crippen molar-refractivity contribution in [2.75, 3.05) is 10.0 Å². The number of ether oxygens (including phenoxy) is 1. The molecule has 3 aromatic rings. The Balaban J connectivity index is 1.44. The third-order valence-electron chi connectivity index (χ3n) is 6.37. The van der Waals surface area contributed by atoms with Gasteiger partial charge >= 0.3 is 0 Å². The molecule has 0 amide bonds. The lowest BCUT2D eigenvalue weighted by atomic mass is 9.77. The summed E-state index contributed by atoms with van der Waals surface area (Å²) in [5, 5.41) is 3.63. The van der Waals surface area contributed by atoms with Crippen molar-refractivity contribution in [3.63, 3.8) is 0 Å². The number of allylic oxidation sites excluding steroid dienone is 2. The van der Waals surface area contributed by atoms with Crippen molar-refractivity contribution in [1.82, 2.24) is 0 Å². The number of rotatable bonds is 6. The van der Waals surface area contributed by atoms with Gasteiger partial charge in [-0.3, -0.25) is 4.72 Å². The van der Waals surface area contributed by atoms with Crippen molar-refractivity contribution in [3.05, 3.63) is 95.8 Å². The quantitative estimate of drug-likeness (QED) is 0.412. The van der Waals surface area contributed by atoms with Crippen LogP contribution in [0.15, 0.2) is 83.8 Å². The number of hydrogen-bond donors (Lipinski definition) is 2. The molecule has 0 saturated heterocycles. The molecule has 7 heteroatoms. The van der Waals surface area contributed by atoms with Crippen LogP contribution in [0, 0.1) is 11.7 Å². The molecule has 0 spiro atoms. The van der Waals surface area contributed by atoms with Crippen LogP contribution in [0.3, 0.4) is 0 Å². The lowest BCUT2D eigenvalue weighted by Crippen LogP contribution is -2.29. The summed E-state index contributed by atoms with van der Waals surface area (Å²) in [7, 11) is -3.93. The molecule has 1 aliphatic carbocycles. The van der Waals surface area contributed by atoms with E-state index in [-0.39, 0.29) is 34.6 Å². The van der Waals surface area contributed by atoms with E-state index in [9.17, 15) is 12.8 Å². The number of fused-ring (bicyclic) bond motifs is 3. The van der Waals surface area contributed by atoms with Gasteiger partial charge < -0.3 is 10.1 Å². The number of benzene rings is 3. The Morgan fingerprint density at radius 1 is 1.06 bits per heavy atom. The minimum absolute atomic E-state index is 0.0676. The van der Waals surface area contributed by atoms with Crippen molar-refractivity contribution >= 4 is 21.4 Å². The second-order valence-corrected chi connectivity index (χ2v) is 10.7. The van der Waals surface area contributed by atoms with Gasteiger partial charge in [0.1, 0.15) is 11.6 Å². The van der Waals surface area contributed by atoms with Crippen LogP contribution in [0.2, 0.25) is 0 Å². The Morgan fingerprint density at radius 2 is 1.82 bits per heavy atom. The predicted octanol–water partition coefficient (Wildman–Crippen LogP) is 6.24. The molecule has 0 fully saturated rings. The average molecular weight is 479 g/mol. The first-order valence-electron chi connectivity index (χ1n) is 11.4. The fraction of sp³-hybridized carbons (Fsp3) is 0.259. The normalized spacial score (nSPS) is 21.0. The van der Waals surface area contributed by atoms with E-state index < -0.39 is 15.8 Å². The molecule has 5 rings (SSSR count). The molecule has 5 nitrogen and oxygen atoms in total. The van der Waals surface area contributed by atoms with Gasteiger partial charge in [-0.25, -0.2) is 12.8 Å². The largest absolute Gasteiger partial charge is 0.491 e. The Labute approximate surface area is 199 Å². The van der Waals surface area contributed by atoms with E-state index in [0.717, 1.165) is 23.4 Å². The molecule has 0 radical (unpaired) electrons. The lowest BCUT2D eigenvalue weighted by Gasteiger charge is -2.37. The zero-order valence-electron chi connectivity index (χ0n) is 19.0. The second-order valence-electron chi connectivity index (χ2n) is 9.05. The highest BCUT2D eigenvalue weighted by molar-refractivity contribution is 7.92. The Bertz CT molecular complexity index is 1340. The summed E-state index contributed by atoms with van der Waals surface area (Å²) in [6, 6.07) is 19.1. The minimum atomic E-state index is -3.93. The van der Waals surface area contributed by atoms with Crippen LogP contribution in [0.5, 0.6) is 5.75 Å². The van der Waals surface area contributed by atoms with Crippen molar-refractivity contribution in [3.8, 4) is 5.75 Å². The minimum Gasteiger partial charge on any atom is -0.491 e. The van der Waals surface area contributed by atoms with Crippen LogP contribution >= 0.6 is 0 Å². The molecule has 0 bridgehead atoms. The maximum atomic E-state index is 14.0. The third kappa shape index (κ3) is 4.28. The van der Waals surface area contributed by atoms with Crippen LogP contribution in [0.25, 0.3) is 0 Å². The molecule has 3 aromatic carbocycles. The molecule has 2 N–H and O–H groups in total. The molecule has 1 aliphatic heterocycles. The van der Waals surface area contributed by atoms with Gasteiger partial charge in [-0.2, -0.15) is 0 Å². The molecule has 176 valence electrons. The van der Waals surface area contributed by atoms with Crippen molar-refractivity contribution in [2.45, 2.75) is 43.2 Å². The van der Waals surface area contributed by atoms with Gasteiger partial charge in [0.15, 0.2) is 0 Å². The summed E-state index contributed by atoms with van der Waals surface area (Å²) in [5.74, 6) is 0.587. The van der Waals surface area contributed by atoms with E-state index in [1.54, 1.807) is 24.3 Å². The van der Waals surface area contributed by atoms with E-state index in [1.165, 1.54) is 23.8 Å². The summed E-state index contributed by atoms with van der Waals surface area (Å²) in [5.41, 5.74) is 2.94. The summed E-state index contributed by atoms with van der Waals surface area (Å²) < 4.78 is 48.2. The molecule has 34 heavy (non-hydrogen) atoms. The smallest absolute Gasteiger partial charge is 0.261 e. The fourth-order valence-corrected chi connectivity index (χ4v) is 5.95. The first kappa shape index (κ1) is 22.5. The monoisotopic (exact) mass is 478 g/mol. The Morgan fingerprint density at radius 3 is 2.56 bits per heavy atom. The SMILES string of the molecule is CC(C)Oc1ccc([C@H]2Nc3ccc(S(=O)(=O)Nc4ccccc4F)cc3[C@H]3C=CC[C@H]32)cc1. The summed E-state index contributed by atoms with van der Waals surface area (Å²) in [6.45, 7) is 4.01. The maximum Gasteiger partial charge on any atom is 0.261 e. The highest BCUT2D eigenvalue weighted by Gasteiger charge is 2.38. The number of anilines is 2. The molecular weight excluding hydrogens is 451 g/mol. The molecule has 0 aromatic heterocycles. The number of nitrogens with one attached hydrogen (secondary N) is 2. The van der Waals surface area contributed by atoms with Crippen LogP contribution < -0.4 is 14.8 Å². The van der Waals surface area contributed by atoms with Crippen LogP contribution in [0.1, 0.15) is 43.4 Å². The van der Waals surface area contributed by atoms with Gasteiger partial charge in [-0.1, -0.05) is 36.4 Å². The van der Waals surface area contributed by atoms with Crippen LogP contribution in [-0.4, -0.2) is 14.5 Å². The molecule has 1 heterocycles. The van der Waals surface area contributed by atoms with Crippen molar-refractivity contribution in [2.24, 2.45) is 5.92 Å². The Kier molecular flexibility index (Phi) is 5.81. The number of sulfonamides is 1. The molecular formula is C27H27FN2O3S. The zero-order chi connectivity index (χ0) is 23.9. The maximum absolute atomic E-state index is 14.0. The average Bonchev–Trinajstić information content (AvgIpc) is 3.30. The zero-order valence-corrected chi connectivity index (χ0v) is 19.8. The second kappa shape index (κ2) is 8.80. The van der Waals surface area contributed by atoms with Crippen LogP contribution in [-0.2, 0) is 10.0 Å². The van der Waals surface area contributed by atoms with Gasteiger partial charge in [-0.15, -0.1) is 0 Å². The topological polar surface area (TPSA) is 67.4 Å². The first-order chi connectivity index (χ1) is 16.3. The van der Waals surface area contributed by atoms with E-state index in [2.05, 4.69) is 34.3 Å². The summed E-state index contributed by atoms with van der Waals surface area (Å²) >= 11 is 0. The standard InChI is InChI=1S/C27H27FN2O3S/c1-17(2)33-19-12-10-18(11-13-19)27-22-7-5-6-21(22)23-16-20(14-15-25(23)29-27)34(31,32)30-26-9-4-3-8-24(26)28/h3-6,8-17,21-22,27,29-30H,7H2,1-2H3/t21-,22+,27+/m0/s1. The predicted molar refractivity (Wildman–Crippen MR) is 132 cm³/mol. The Hall–Kier alpha value is -3.32.